The standard InChI is InChI=1S/4C6H15P.Pd/c4*1-4-7(5-2)6-3;/h4*4-6H2,1-3H3;/q;;;;-4/p+4. The Hall–Kier alpha value is 2.38. The summed E-state index contributed by atoms with van der Waals surface area (Å²) in [5.41, 5.74) is -5.03. The van der Waals surface area contributed by atoms with Crippen LogP contribution in [0.4, 0.5) is 0 Å². The molecular formula is C24H64P4Pd. The first-order chi connectivity index (χ1) is 13.7. The van der Waals surface area contributed by atoms with Crippen molar-refractivity contribution in [1.29, 1.82) is 0 Å². The maximum atomic E-state index is 2.70. The molecule has 5 heteroatoms. The molecule has 0 nitrogen and oxygen atoms in total. The summed E-state index contributed by atoms with van der Waals surface area (Å²) in [6.45, 7) is 32.4. The normalized spacial score (nSPS) is 19.4. The van der Waals surface area contributed by atoms with E-state index in [2.05, 4.69) is 83.1 Å². The van der Waals surface area contributed by atoms with E-state index in [-0.39, 0.29) is 0 Å². The van der Waals surface area contributed by atoms with E-state index in [0.29, 0.717) is 0 Å². The summed E-state index contributed by atoms with van der Waals surface area (Å²) < 4.78 is 0. The van der Waals surface area contributed by atoms with Gasteiger partial charge in [0, 0.05) is 0 Å². The van der Waals surface area contributed by atoms with E-state index in [1.165, 1.54) is 0 Å². The summed E-state index contributed by atoms with van der Waals surface area (Å²) in [7, 11) is 0. The van der Waals surface area contributed by atoms with Crippen molar-refractivity contribution in [1.82, 2.24) is 0 Å². The molecule has 0 unspecified atom stereocenters. The Morgan fingerprint density at radius 3 is 0.448 bits per heavy atom. The monoisotopic (exact) mass is 582 g/mol. The average Bonchev–Trinajstić information content (AvgIpc) is 2.79. The second kappa shape index (κ2) is 13.3. The number of rotatable bonds is 16. The Balaban J connectivity index is 8.16. The van der Waals surface area contributed by atoms with Crippen LogP contribution in [-0.2, 0) is 13.6 Å². The molecule has 0 N–H and O–H groups in total. The maximum absolute atomic E-state index is 2.70. The fourth-order valence-electron chi connectivity index (χ4n) is 7.15. The van der Waals surface area contributed by atoms with Crippen molar-refractivity contribution in [2.24, 2.45) is 0 Å². The van der Waals surface area contributed by atoms with E-state index < -0.39 is 35.4 Å². The van der Waals surface area contributed by atoms with Crippen LogP contribution in [0.1, 0.15) is 83.1 Å². The van der Waals surface area contributed by atoms with Crippen molar-refractivity contribution in [3.8, 4) is 0 Å². The van der Waals surface area contributed by atoms with Crippen molar-refractivity contribution < 1.29 is 13.6 Å². The Morgan fingerprint density at radius 2 is 0.379 bits per heavy atom. The predicted octanol–water partition coefficient (Wildman–Crippen LogP) is 9.04. The molecule has 0 heterocycles. The second-order valence-electron chi connectivity index (χ2n) is 9.06. The molecule has 0 spiro atoms. The van der Waals surface area contributed by atoms with Gasteiger partial charge in [-0.2, -0.15) is 0 Å². The van der Waals surface area contributed by atoms with Crippen LogP contribution in [0, 0.1) is 0 Å². The summed E-state index contributed by atoms with van der Waals surface area (Å²) >= 11 is -1.54. The molecule has 0 aromatic rings. The van der Waals surface area contributed by atoms with Crippen LogP contribution in [-0.4, -0.2) is 73.9 Å². The molecule has 0 aliphatic carbocycles. The number of hydrogen-bond acceptors (Lipinski definition) is 0. The van der Waals surface area contributed by atoms with E-state index in [1.54, 1.807) is 73.9 Å². The predicted molar refractivity (Wildman–Crippen MR) is 160 cm³/mol. The van der Waals surface area contributed by atoms with Crippen LogP contribution in [0.3, 0.4) is 0 Å². The quantitative estimate of drug-likeness (QED) is 0.126. The van der Waals surface area contributed by atoms with Crippen LogP contribution >= 0.6 is 21.8 Å². The van der Waals surface area contributed by atoms with Crippen LogP contribution < -0.4 is 0 Å². The first-order valence-corrected chi connectivity index (χ1v) is 32.4. The summed E-state index contributed by atoms with van der Waals surface area (Å²) in [4.78, 5) is 0. The molecule has 0 fully saturated rings. The van der Waals surface area contributed by atoms with Gasteiger partial charge in [0.05, 0.1) is 0 Å². The first-order valence-electron chi connectivity index (χ1n) is 13.4. The third kappa shape index (κ3) is 4.42. The van der Waals surface area contributed by atoms with Gasteiger partial charge in [0.1, 0.15) is 0 Å². The van der Waals surface area contributed by atoms with E-state index >= 15 is 0 Å². The molecule has 0 atom stereocenters. The molecule has 0 bridgehead atoms. The van der Waals surface area contributed by atoms with Gasteiger partial charge >= 0.3 is 192 Å². The molecule has 0 rings (SSSR count). The zero-order valence-electron chi connectivity index (χ0n) is 22.8. The molecule has 0 amide bonds. The van der Waals surface area contributed by atoms with E-state index in [0.717, 1.165) is 0 Å². The molecule has 0 saturated carbocycles. The van der Waals surface area contributed by atoms with Gasteiger partial charge in [0.25, 0.3) is 0 Å². The Kier molecular flexibility index (Phi) is 14.4. The summed E-state index contributed by atoms with van der Waals surface area (Å²) in [5, 5.41) is 0. The van der Waals surface area contributed by atoms with Gasteiger partial charge in [0.2, 0.25) is 0 Å². The van der Waals surface area contributed by atoms with Gasteiger partial charge in [-0.1, -0.05) is 0 Å². The topological polar surface area (TPSA) is 0 Å². The van der Waals surface area contributed by atoms with Crippen molar-refractivity contribution in [2.75, 3.05) is 73.9 Å². The minimum absolute atomic E-state index is 1.26. The summed E-state index contributed by atoms with van der Waals surface area (Å²) in [6, 6.07) is 0. The first kappa shape index (κ1) is 31.4. The number of hydrogen-bond donors (Lipinski definition) is 0. The molecule has 0 saturated heterocycles. The molecule has 190 valence electrons. The Bertz CT molecular complexity index is 331. The van der Waals surface area contributed by atoms with Crippen LogP contribution in [0.25, 0.3) is 0 Å². The zero-order chi connectivity index (χ0) is 23.0. The molecule has 0 aliphatic heterocycles. The Morgan fingerprint density at radius 1 is 0.276 bits per heavy atom. The molecular weight excluding hydrogens is 519 g/mol. The van der Waals surface area contributed by atoms with Gasteiger partial charge in [-0.25, -0.2) is 0 Å². The van der Waals surface area contributed by atoms with E-state index in [9.17, 15) is 0 Å². The third-order valence-corrected chi connectivity index (χ3v) is 149. The fourth-order valence-corrected chi connectivity index (χ4v) is 230. The third-order valence-electron chi connectivity index (χ3n) is 9.35. The van der Waals surface area contributed by atoms with Gasteiger partial charge in [0.15, 0.2) is 0 Å². The molecule has 0 aromatic heterocycles. The van der Waals surface area contributed by atoms with Gasteiger partial charge in [-0.3, -0.25) is 0 Å². The molecule has 0 aromatic carbocycles. The van der Waals surface area contributed by atoms with Crippen molar-refractivity contribution in [3.05, 3.63) is 0 Å². The molecule has 0 radical (unpaired) electrons. The van der Waals surface area contributed by atoms with Crippen LogP contribution in [0.5, 0.6) is 0 Å². The second-order valence-corrected chi connectivity index (χ2v) is 70.8. The van der Waals surface area contributed by atoms with Gasteiger partial charge < -0.3 is 0 Å². The van der Waals surface area contributed by atoms with Crippen molar-refractivity contribution in [2.45, 2.75) is 83.1 Å². The van der Waals surface area contributed by atoms with Crippen molar-refractivity contribution >= 4 is 21.8 Å². The van der Waals surface area contributed by atoms with E-state index in [1.807, 2.05) is 0 Å². The zero-order valence-corrected chi connectivity index (χ0v) is 28.4. The Labute approximate surface area is 191 Å². The fraction of sp³-hybridized carbons (Fsp3) is 1.00. The van der Waals surface area contributed by atoms with Crippen LogP contribution in [0.15, 0.2) is 0 Å². The SMILES string of the molecule is CC[PH](CC)(CC)[Pd]([PH](CC)(CC)CC)([PH](CC)(CC)CC)[PH](CC)(CC)CC. The molecule has 29 heavy (non-hydrogen) atoms. The van der Waals surface area contributed by atoms with Crippen LogP contribution in [0.2, 0.25) is 0 Å². The van der Waals surface area contributed by atoms with Crippen molar-refractivity contribution in [3.63, 3.8) is 0 Å². The summed E-state index contributed by atoms with van der Waals surface area (Å²) in [5.74, 6) is 0. The minimum atomic E-state index is -1.54. The summed E-state index contributed by atoms with van der Waals surface area (Å²) in [6.07, 6.45) is 19.6. The molecule has 0 aliphatic rings. The van der Waals surface area contributed by atoms with Gasteiger partial charge in [-0.05, 0) is 0 Å². The average molecular weight is 583 g/mol. The van der Waals surface area contributed by atoms with Gasteiger partial charge in [-0.15, -0.1) is 0 Å². The van der Waals surface area contributed by atoms with E-state index in [4.69, 9.17) is 0 Å².